The number of rotatable bonds is 1. The molecule has 1 heterocycles. The van der Waals surface area contributed by atoms with Crippen LogP contribution in [-0.4, -0.2) is 14.5 Å². The summed E-state index contributed by atoms with van der Waals surface area (Å²) in [5.41, 5.74) is 6.73. The van der Waals surface area contributed by atoms with Crippen LogP contribution in [0.5, 0.6) is 0 Å². The molecule has 4 nitrogen and oxygen atoms in total. The van der Waals surface area contributed by atoms with Crippen LogP contribution < -0.4 is 0 Å². The first-order valence-electron chi connectivity index (χ1n) is 10.6. The van der Waals surface area contributed by atoms with E-state index in [4.69, 9.17) is 13.1 Å². The van der Waals surface area contributed by atoms with Crippen LogP contribution in [0.1, 0.15) is 39.4 Å². The van der Waals surface area contributed by atoms with Gasteiger partial charge in [0.05, 0.1) is 0 Å². The topological polar surface area (TPSA) is 56.3 Å². The Morgan fingerprint density at radius 1 is 0.853 bits per heavy atom. The summed E-state index contributed by atoms with van der Waals surface area (Å²) in [6.07, 6.45) is 1.99. The Morgan fingerprint density at radius 2 is 1.38 bits per heavy atom. The van der Waals surface area contributed by atoms with Gasteiger partial charge in [-0.05, 0) is 0 Å². The van der Waals surface area contributed by atoms with Gasteiger partial charge in [0.15, 0.2) is 0 Å². The van der Waals surface area contributed by atoms with Crippen LogP contribution in [-0.2, 0) is 5.41 Å². The van der Waals surface area contributed by atoms with Crippen LogP contribution in [0.2, 0.25) is 0 Å². The van der Waals surface area contributed by atoms with Crippen molar-refractivity contribution in [3.8, 4) is 23.3 Å². The summed E-state index contributed by atoms with van der Waals surface area (Å²) in [5.74, 6) is 0. The SMILES string of the molecule is [C-]#[N+]C(C#N)=C1C(=Cc2cc3c([se]2)C(C)(C)c2ccccc2-3)/C(=C(/C#N)[N+]#[C-])c2ccccc21. The molecule has 2 aromatic carbocycles. The third kappa shape index (κ3) is 2.94. The van der Waals surface area contributed by atoms with E-state index >= 15 is 0 Å². The summed E-state index contributed by atoms with van der Waals surface area (Å²) in [4.78, 5) is 6.98. The van der Waals surface area contributed by atoms with Crippen molar-refractivity contribution in [3.05, 3.63) is 120 Å². The Morgan fingerprint density at radius 3 is 1.91 bits per heavy atom. The Balaban J connectivity index is 1.82. The molecule has 0 aliphatic heterocycles. The summed E-state index contributed by atoms with van der Waals surface area (Å²) in [5, 5.41) is 19.5. The Labute approximate surface area is 204 Å². The van der Waals surface area contributed by atoms with Crippen molar-refractivity contribution < 1.29 is 0 Å². The average Bonchev–Trinajstić information content (AvgIpc) is 3.47. The minimum absolute atomic E-state index is 0.0334. The molecular formula is C29H16N4Se. The fraction of sp³-hybridized carbons (Fsp3) is 0.103. The van der Waals surface area contributed by atoms with Gasteiger partial charge in [0.2, 0.25) is 0 Å². The van der Waals surface area contributed by atoms with Gasteiger partial charge in [-0.2, -0.15) is 0 Å². The molecule has 5 heteroatoms. The van der Waals surface area contributed by atoms with Crippen molar-refractivity contribution >= 4 is 31.7 Å². The number of nitrogens with zero attached hydrogens (tertiary/aromatic N) is 4. The van der Waals surface area contributed by atoms with E-state index in [0.29, 0.717) is 27.8 Å². The van der Waals surface area contributed by atoms with E-state index in [-0.39, 0.29) is 31.3 Å². The molecule has 0 N–H and O–H groups in total. The fourth-order valence-corrected chi connectivity index (χ4v) is 7.52. The van der Waals surface area contributed by atoms with Crippen LogP contribution >= 0.6 is 0 Å². The molecule has 2 aliphatic rings. The average molecular weight is 499 g/mol. The first kappa shape index (κ1) is 21.5. The van der Waals surface area contributed by atoms with Crippen molar-refractivity contribution in [2.75, 3.05) is 0 Å². The summed E-state index contributed by atoms with van der Waals surface area (Å²) in [7, 11) is 0. The molecule has 34 heavy (non-hydrogen) atoms. The van der Waals surface area contributed by atoms with Gasteiger partial charge in [0.25, 0.3) is 0 Å². The normalized spacial score (nSPS) is 18.6. The van der Waals surface area contributed by atoms with Gasteiger partial charge in [-0.3, -0.25) is 0 Å². The van der Waals surface area contributed by atoms with E-state index in [1.54, 1.807) is 0 Å². The van der Waals surface area contributed by atoms with Crippen molar-refractivity contribution in [3.63, 3.8) is 0 Å². The van der Waals surface area contributed by atoms with Crippen LogP contribution in [0.25, 0.3) is 38.0 Å². The number of fused-ring (bicyclic) bond motifs is 4. The summed E-state index contributed by atoms with van der Waals surface area (Å²) < 4.78 is 2.50. The molecular weight excluding hydrogens is 483 g/mol. The molecule has 5 rings (SSSR count). The number of allylic oxidation sites excluding steroid dienone is 5. The molecule has 0 bridgehead atoms. The fourth-order valence-electron chi connectivity index (χ4n) is 4.94. The van der Waals surface area contributed by atoms with Crippen LogP contribution in [0, 0.1) is 35.8 Å². The zero-order chi connectivity index (χ0) is 24.0. The first-order valence-corrected chi connectivity index (χ1v) is 12.3. The van der Waals surface area contributed by atoms with E-state index in [1.807, 2.05) is 42.5 Å². The number of nitriles is 2. The second-order valence-electron chi connectivity index (χ2n) is 8.56. The van der Waals surface area contributed by atoms with Gasteiger partial charge >= 0.3 is 205 Å². The molecule has 0 unspecified atom stereocenters. The molecule has 0 fully saturated rings. The quantitative estimate of drug-likeness (QED) is 0.219. The van der Waals surface area contributed by atoms with E-state index in [0.717, 1.165) is 4.44 Å². The molecule has 158 valence electrons. The van der Waals surface area contributed by atoms with Gasteiger partial charge in [-0.25, -0.2) is 0 Å². The van der Waals surface area contributed by atoms with Gasteiger partial charge < -0.3 is 0 Å². The zero-order valence-electron chi connectivity index (χ0n) is 18.5. The van der Waals surface area contributed by atoms with E-state index in [9.17, 15) is 10.5 Å². The Hall–Kier alpha value is -4.38. The Bertz CT molecular complexity index is 1560. The number of benzene rings is 2. The minimum atomic E-state index is -0.0681. The van der Waals surface area contributed by atoms with Crippen molar-refractivity contribution in [2.24, 2.45) is 0 Å². The monoisotopic (exact) mass is 500 g/mol. The summed E-state index contributed by atoms with van der Waals surface area (Å²) in [6, 6.07) is 22.1. The standard InChI is InChI=1S/C29H16N4Se/c1-29(2)23-12-8-7-9-18(23)21-13-17(34-28(21)29)14-22-26(24(15-30)32-3)19-10-5-6-11-20(19)27(22)25(16-31)33-4/h5-14H,1-2H3/b22-14?,26-24-,27-25?. The van der Waals surface area contributed by atoms with Crippen molar-refractivity contribution in [1.82, 2.24) is 0 Å². The van der Waals surface area contributed by atoms with E-state index < -0.39 is 0 Å². The molecule has 0 saturated carbocycles. The van der Waals surface area contributed by atoms with E-state index in [1.165, 1.54) is 21.1 Å². The predicted octanol–water partition coefficient (Wildman–Crippen LogP) is 6.46. The maximum atomic E-state index is 9.73. The van der Waals surface area contributed by atoms with Crippen molar-refractivity contribution in [2.45, 2.75) is 19.3 Å². The molecule has 0 amide bonds. The summed E-state index contributed by atoms with van der Waals surface area (Å²) in [6.45, 7) is 19.7. The maximum absolute atomic E-state index is 9.73. The Kier molecular flexibility index (Phi) is 4.98. The zero-order valence-corrected chi connectivity index (χ0v) is 20.2. The van der Waals surface area contributed by atoms with Gasteiger partial charge in [0.1, 0.15) is 0 Å². The number of hydrogen-bond donors (Lipinski definition) is 0. The second-order valence-corrected chi connectivity index (χ2v) is 10.8. The van der Waals surface area contributed by atoms with E-state index in [2.05, 4.69) is 53.9 Å². The third-order valence-electron chi connectivity index (χ3n) is 6.41. The van der Waals surface area contributed by atoms with Crippen LogP contribution in [0.15, 0.2) is 71.6 Å². The molecule has 3 aromatic rings. The first-order chi connectivity index (χ1) is 16.5. The molecule has 0 radical (unpaired) electrons. The predicted molar refractivity (Wildman–Crippen MR) is 134 cm³/mol. The van der Waals surface area contributed by atoms with Crippen LogP contribution in [0.4, 0.5) is 0 Å². The second kappa shape index (κ2) is 7.88. The summed E-state index contributed by atoms with van der Waals surface area (Å²) >= 11 is 0.0334. The molecule has 2 aliphatic carbocycles. The van der Waals surface area contributed by atoms with Gasteiger partial charge in [-0.1, -0.05) is 0 Å². The molecule has 1 aromatic heterocycles. The molecule has 0 spiro atoms. The van der Waals surface area contributed by atoms with Crippen LogP contribution in [0.3, 0.4) is 0 Å². The number of hydrogen-bond acceptors (Lipinski definition) is 2. The van der Waals surface area contributed by atoms with Crippen molar-refractivity contribution in [1.29, 1.82) is 10.5 Å². The van der Waals surface area contributed by atoms with Gasteiger partial charge in [-0.15, -0.1) is 0 Å². The molecule has 0 saturated heterocycles. The molecule has 0 atom stereocenters. The van der Waals surface area contributed by atoms with Gasteiger partial charge in [0, 0.05) is 0 Å². The third-order valence-corrected chi connectivity index (χ3v) is 9.36.